The molecule has 0 saturated heterocycles. The lowest BCUT2D eigenvalue weighted by molar-refractivity contribution is -0.138. The van der Waals surface area contributed by atoms with Gasteiger partial charge in [-0.3, -0.25) is 9.88 Å². The molecule has 0 radical (unpaired) electrons. The lowest BCUT2D eigenvalue weighted by atomic mass is 9.91. The molecule has 0 heterocycles. The lowest BCUT2D eigenvalue weighted by Gasteiger charge is -2.30. The molecule has 4 rings (SSSR count). The van der Waals surface area contributed by atoms with Crippen molar-refractivity contribution in [3.63, 3.8) is 0 Å². The molecule has 0 spiro atoms. The fourth-order valence-corrected chi connectivity index (χ4v) is 9.19. The molecule has 2 aliphatic carbocycles. The summed E-state index contributed by atoms with van der Waals surface area (Å²) in [5.41, 5.74) is 0. The zero-order valence-electron chi connectivity index (χ0n) is 21.6. The van der Waals surface area contributed by atoms with Gasteiger partial charge < -0.3 is 10.4 Å². The van der Waals surface area contributed by atoms with Crippen LogP contribution in [0.2, 0.25) is 0 Å². The van der Waals surface area contributed by atoms with Crippen LogP contribution in [-0.2, 0) is 16.6 Å². The van der Waals surface area contributed by atoms with Crippen molar-refractivity contribution >= 4 is 46.3 Å². The number of hydrogen-bond donors (Lipinski definition) is 3. The fraction of sp³-hybridized carbons (Fsp3) is 0.552. The molecule has 36 heavy (non-hydrogen) atoms. The predicted molar refractivity (Wildman–Crippen MR) is 161 cm³/mol. The van der Waals surface area contributed by atoms with Crippen LogP contribution in [-0.4, -0.2) is 41.2 Å². The highest BCUT2D eigenvalue weighted by Crippen LogP contribution is 2.40. The Balaban J connectivity index is 0.000000233. The minimum absolute atomic E-state index is 0.550. The van der Waals surface area contributed by atoms with Crippen LogP contribution in [0.25, 0.3) is 0 Å². The van der Waals surface area contributed by atoms with E-state index in [9.17, 15) is 9.90 Å². The number of aliphatic carboxylic acids is 1. The quantitative estimate of drug-likeness (QED) is 0.315. The van der Waals surface area contributed by atoms with Crippen molar-refractivity contribution in [2.45, 2.75) is 88.8 Å². The van der Waals surface area contributed by atoms with Gasteiger partial charge in [0.2, 0.25) is 0 Å². The first-order chi connectivity index (χ1) is 17.5. The van der Waals surface area contributed by atoms with Crippen molar-refractivity contribution in [1.82, 2.24) is 10.4 Å². The summed E-state index contributed by atoms with van der Waals surface area (Å²) in [6.07, 6.45) is 14.7. The number of benzene rings is 2. The van der Waals surface area contributed by atoms with Gasteiger partial charge in [-0.1, -0.05) is 111 Å². The third-order valence-electron chi connectivity index (χ3n) is 7.17. The van der Waals surface area contributed by atoms with Crippen molar-refractivity contribution in [2.24, 2.45) is 0 Å². The largest absolute Gasteiger partial charge is 0.480 e. The summed E-state index contributed by atoms with van der Waals surface area (Å²) >= 11 is 7.65. The van der Waals surface area contributed by atoms with Crippen LogP contribution in [0.15, 0.2) is 60.7 Å². The maximum Gasteiger partial charge on any atom is 0.321 e. The molecule has 2 fully saturated rings. The third kappa shape index (κ3) is 9.29. The van der Waals surface area contributed by atoms with Crippen LogP contribution >= 0.6 is 18.0 Å². The first-order valence-corrected chi connectivity index (χ1v) is 17.7. The number of hydrogen-bond acceptors (Lipinski definition) is 4. The van der Waals surface area contributed by atoms with Crippen molar-refractivity contribution in [1.29, 1.82) is 0 Å². The summed E-state index contributed by atoms with van der Waals surface area (Å²) in [6.45, 7) is 0. The van der Waals surface area contributed by atoms with E-state index in [1.807, 2.05) is 66.9 Å². The molecule has 2 aromatic carbocycles. The summed E-state index contributed by atoms with van der Waals surface area (Å²) in [7, 11) is 0. The SMILES string of the molecule is C1CCC(NC2CCCCC2)CC1.CSCCC(NP(=S)(c1ccccc1)c1ccccc1)C(=O)O. The van der Waals surface area contributed by atoms with Crippen molar-refractivity contribution in [2.75, 3.05) is 12.0 Å². The molecule has 0 bridgehead atoms. The number of carboxylic acids is 1. The monoisotopic (exact) mass is 546 g/mol. The van der Waals surface area contributed by atoms with Crippen LogP contribution in [0.4, 0.5) is 0 Å². The van der Waals surface area contributed by atoms with Gasteiger partial charge in [-0.2, -0.15) is 11.8 Å². The second kappa shape index (κ2) is 15.9. The number of carbonyl (C=O) groups is 1. The van der Waals surface area contributed by atoms with Gasteiger partial charge in [0.15, 0.2) is 0 Å². The molecule has 7 heteroatoms. The molecule has 2 saturated carbocycles. The van der Waals surface area contributed by atoms with E-state index in [-0.39, 0.29) is 0 Å². The van der Waals surface area contributed by atoms with Crippen molar-refractivity contribution < 1.29 is 9.90 Å². The number of thioether (sulfide) groups is 1. The Morgan fingerprint density at radius 2 is 1.33 bits per heavy atom. The lowest BCUT2D eigenvalue weighted by Crippen LogP contribution is -2.40. The minimum atomic E-state index is -2.38. The Labute approximate surface area is 227 Å². The van der Waals surface area contributed by atoms with E-state index >= 15 is 0 Å². The van der Waals surface area contributed by atoms with Crippen molar-refractivity contribution in [3.05, 3.63) is 60.7 Å². The van der Waals surface area contributed by atoms with Gasteiger partial charge in [-0.15, -0.1) is 0 Å². The van der Waals surface area contributed by atoms with Crippen LogP contribution in [0.5, 0.6) is 0 Å². The van der Waals surface area contributed by atoms with Gasteiger partial charge in [0.25, 0.3) is 0 Å². The van der Waals surface area contributed by atoms with E-state index in [1.54, 1.807) is 11.8 Å². The Morgan fingerprint density at radius 3 is 1.72 bits per heavy atom. The van der Waals surface area contributed by atoms with E-state index in [4.69, 9.17) is 11.8 Å². The molecule has 3 N–H and O–H groups in total. The molecule has 1 unspecified atom stereocenters. The number of nitrogens with one attached hydrogen (secondary N) is 2. The molecule has 0 aliphatic heterocycles. The van der Waals surface area contributed by atoms with Crippen LogP contribution in [0.1, 0.15) is 70.6 Å². The van der Waals surface area contributed by atoms with Gasteiger partial charge in [-0.05, 0) is 44.1 Å². The average molecular weight is 547 g/mol. The summed E-state index contributed by atoms with van der Waals surface area (Å²) in [4.78, 5) is 11.6. The molecular formula is C29H43N2O2PS2. The van der Waals surface area contributed by atoms with Gasteiger partial charge in [-0.25, -0.2) is 0 Å². The first kappa shape index (κ1) is 29.4. The normalized spacial score (nSPS) is 18.1. The highest BCUT2D eigenvalue weighted by Gasteiger charge is 2.28. The van der Waals surface area contributed by atoms with E-state index in [0.717, 1.165) is 28.4 Å². The predicted octanol–water partition coefficient (Wildman–Crippen LogP) is 6.07. The smallest absolute Gasteiger partial charge is 0.321 e. The van der Waals surface area contributed by atoms with Gasteiger partial charge in [0, 0.05) is 22.7 Å². The average Bonchev–Trinajstić information content (AvgIpc) is 2.93. The number of rotatable bonds is 10. The Kier molecular flexibility index (Phi) is 13.0. The van der Waals surface area contributed by atoms with Crippen molar-refractivity contribution in [3.8, 4) is 0 Å². The van der Waals surface area contributed by atoms with Gasteiger partial charge in [0.05, 0.1) is 6.19 Å². The van der Waals surface area contributed by atoms with Crippen LogP contribution in [0, 0.1) is 0 Å². The Hall–Kier alpha value is -1.17. The van der Waals surface area contributed by atoms with E-state index in [0.29, 0.717) is 6.42 Å². The minimum Gasteiger partial charge on any atom is -0.480 e. The third-order valence-corrected chi connectivity index (χ3v) is 12.1. The Morgan fingerprint density at radius 1 is 0.889 bits per heavy atom. The first-order valence-electron chi connectivity index (χ1n) is 13.5. The van der Waals surface area contributed by atoms with E-state index in [2.05, 4.69) is 10.4 Å². The van der Waals surface area contributed by atoms with Gasteiger partial charge in [0.1, 0.15) is 6.04 Å². The van der Waals surface area contributed by atoms with Crippen LogP contribution in [0.3, 0.4) is 0 Å². The molecule has 2 aliphatic rings. The summed E-state index contributed by atoms with van der Waals surface area (Å²) in [5, 5.41) is 18.7. The molecular weight excluding hydrogens is 503 g/mol. The molecule has 0 aromatic heterocycles. The molecule has 1 atom stereocenters. The molecule has 0 amide bonds. The topological polar surface area (TPSA) is 61.4 Å². The fourth-order valence-electron chi connectivity index (χ4n) is 5.14. The highest BCUT2D eigenvalue weighted by molar-refractivity contribution is 8.21. The number of carboxylic acid groups (broad SMARTS) is 1. The Bertz CT molecular complexity index is 873. The van der Waals surface area contributed by atoms with E-state index < -0.39 is 18.2 Å². The summed E-state index contributed by atoms with van der Waals surface area (Å²) in [5.74, 6) is -0.0665. The zero-order valence-corrected chi connectivity index (χ0v) is 24.1. The second-order valence-corrected chi connectivity index (χ2v) is 15.1. The molecule has 198 valence electrons. The maximum atomic E-state index is 11.6. The summed E-state index contributed by atoms with van der Waals surface area (Å²) < 4.78 is 0. The second-order valence-electron chi connectivity index (χ2n) is 9.92. The zero-order chi connectivity index (χ0) is 25.6. The van der Waals surface area contributed by atoms with E-state index in [1.165, 1.54) is 64.2 Å². The summed E-state index contributed by atoms with van der Waals surface area (Å²) in [6, 6.07) is 20.7. The molecule has 4 nitrogen and oxygen atoms in total. The molecule has 2 aromatic rings. The van der Waals surface area contributed by atoms with Crippen LogP contribution < -0.4 is 21.0 Å². The maximum absolute atomic E-state index is 11.6. The standard InChI is InChI=1S/C17H20NO2PS2.C12H23N/c1-23-13-12-16(17(19)20)18-21(22,14-8-4-2-5-9-14)15-10-6-3-7-11-15;1-3-7-11(8-4-1)13-12-9-5-2-6-10-12/h2-11,16H,12-13H2,1H3,(H,18,22)(H,19,20);11-13H,1-10H2. The highest BCUT2D eigenvalue weighted by atomic mass is 32.4. The van der Waals surface area contributed by atoms with Gasteiger partial charge >= 0.3 is 5.97 Å².